The fourth-order valence-corrected chi connectivity index (χ4v) is 4.54. The van der Waals surface area contributed by atoms with Crippen LogP contribution in [0.3, 0.4) is 0 Å². The molecule has 2 aliphatic heterocycles. The predicted octanol–water partition coefficient (Wildman–Crippen LogP) is 2.93. The van der Waals surface area contributed by atoms with Crippen molar-refractivity contribution in [1.82, 2.24) is 9.97 Å². The summed E-state index contributed by atoms with van der Waals surface area (Å²) in [6, 6.07) is 9.96. The largest absolute Gasteiger partial charge is 0.399 e. The third-order valence-corrected chi connectivity index (χ3v) is 6.77. The number of nitrogens with two attached hydrogens (primary N) is 1. The smallest absolute Gasteiger partial charge is 0.161 e. The van der Waals surface area contributed by atoms with Crippen LogP contribution in [0.1, 0.15) is 18.5 Å². The SMILES string of the molecule is CSC1(c2cc(N3CCOCC3)nc(-c3ccc(N)cc3)n2)CCOCC1. The Morgan fingerprint density at radius 3 is 2.33 bits per heavy atom. The Bertz CT molecular complexity index is 772. The van der Waals surface area contributed by atoms with Gasteiger partial charge in [0.25, 0.3) is 0 Å². The maximum absolute atomic E-state index is 5.86. The summed E-state index contributed by atoms with van der Waals surface area (Å²) in [5.41, 5.74) is 8.69. The van der Waals surface area contributed by atoms with Gasteiger partial charge in [0, 0.05) is 43.6 Å². The second-order valence-electron chi connectivity index (χ2n) is 6.97. The highest BCUT2D eigenvalue weighted by Crippen LogP contribution is 2.43. The predicted molar refractivity (Wildman–Crippen MR) is 110 cm³/mol. The molecule has 3 heterocycles. The summed E-state index contributed by atoms with van der Waals surface area (Å²) in [6.07, 6.45) is 4.11. The summed E-state index contributed by atoms with van der Waals surface area (Å²) in [4.78, 5) is 12.2. The first-order valence-electron chi connectivity index (χ1n) is 9.41. The lowest BCUT2D eigenvalue weighted by atomic mass is 9.94. The van der Waals surface area contributed by atoms with Crippen LogP contribution in [0, 0.1) is 0 Å². The van der Waals surface area contributed by atoms with Crippen molar-refractivity contribution < 1.29 is 9.47 Å². The standard InChI is InChI=1S/C20H26N4O2S/c1-27-20(6-10-25-11-7-20)17-14-18(24-8-12-26-13-9-24)23-19(22-17)15-2-4-16(21)5-3-15/h2-5,14H,6-13,21H2,1H3. The van der Waals surface area contributed by atoms with Crippen LogP contribution in [-0.4, -0.2) is 55.7 Å². The van der Waals surface area contributed by atoms with E-state index in [0.717, 1.165) is 80.9 Å². The first kappa shape index (κ1) is 18.5. The molecule has 2 aromatic rings. The summed E-state index contributed by atoms with van der Waals surface area (Å²) in [6.45, 7) is 4.72. The molecule has 2 saturated heterocycles. The molecule has 1 aromatic heterocycles. The minimum atomic E-state index is -0.0230. The normalized spacial score (nSPS) is 19.8. The Morgan fingerprint density at radius 1 is 1.00 bits per heavy atom. The maximum Gasteiger partial charge on any atom is 0.161 e. The third kappa shape index (κ3) is 3.90. The van der Waals surface area contributed by atoms with Crippen LogP contribution >= 0.6 is 11.8 Å². The fourth-order valence-electron chi connectivity index (χ4n) is 3.65. The van der Waals surface area contributed by atoms with E-state index >= 15 is 0 Å². The van der Waals surface area contributed by atoms with Crippen molar-refractivity contribution >= 4 is 23.3 Å². The van der Waals surface area contributed by atoms with E-state index in [1.54, 1.807) is 0 Å². The first-order valence-corrected chi connectivity index (χ1v) is 10.6. The molecule has 144 valence electrons. The molecule has 0 bridgehead atoms. The number of hydrogen-bond donors (Lipinski definition) is 1. The first-order chi connectivity index (χ1) is 13.2. The molecule has 7 heteroatoms. The highest BCUT2D eigenvalue weighted by Gasteiger charge is 2.36. The number of rotatable bonds is 4. The molecule has 4 rings (SSSR count). The van der Waals surface area contributed by atoms with Gasteiger partial charge in [-0.3, -0.25) is 0 Å². The lowest BCUT2D eigenvalue weighted by Gasteiger charge is -2.36. The van der Waals surface area contributed by atoms with E-state index in [2.05, 4.69) is 17.2 Å². The maximum atomic E-state index is 5.86. The number of morpholine rings is 1. The number of aromatic nitrogens is 2. The second-order valence-corrected chi connectivity index (χ2v) is 8.16. The quantitative estimate of drug-likeness (QED) is 0.810. The highest BCUT2D eigenvalue weighted by atomic mass is 32.2. The van der Waals surface area contributed by atoms with Crippen LogP contribution in [0.2, 0.25) is 0 Å². The monoisotopic (exact) mass is 386 g/mol. The van der Waals surface area contributed by atoms with E-state index in [-0.39, 0.29) is 4.75 Å². The number of anilines is 2. The number of benzene rings is 1. The summed E-state index contributed by atoms with van der Waals surface area (Å²) in [5.74, 6) is 1.74. The zero-order valence-corrected chi connectivity index (χ0v) is 16.5. The molecule has 0 amide bonds. The van der Waals surface area contributed by atoms with Gasteiger partial charge in [-0.25, -0.2) is 9.97 Å². The number of hydrogen-bond acceptors (Lipinski definition) is 7. The van der Waals surface area contributed by atoms with Crippen molar-refractivity contribution in [2.24, 2.45) is 0 Å². The Labute approximate surface area is 164 Å². The van der Waals surface area contributed by atoms with Crippen LogP contribution in [0.25, 0.3) is 11.4 Å². The lowest BCUT2D eigenvalue weighted by molar-refractivity contribution is 0.0760. The summed E-state index contributed by atoms with van der Waals surface area (Å²) in [7, 11) is 0. The van der Waals surface area contributed by atoms with E-state index < -0.39 is 0 Å². The van der Waals surface area contributed by atoms with Crippen LogP contribution in [-0.2, 0) is 14.2 Å². The minimum absolute atomic E-state index is 0.0230. The molecule has 1 aromatic carbocycles. The molecule has 6 nitrogen and oxygen atoms in total. The zero-order valence-electron chi connectivity index (χ0n) is 15.7. The molecular weight excluding hydrogens is 360 g/mol. The Kier molecular flexibility index (Phi) is 5.52. The van der Waals surface area contributed by atoms with Crippen LogP contribution in [0.4, 0.5) is 11.5 Å². The van der Waals surface area contributed by atoms with Crippen molar-refractivity contribution in [3.8, 4) is 11.4 Å². The van der Waals surface area contributed by atoms with Crippen molar-refractivity contribution in [2.75, 3.05) is 56.4 Å². The van der Waals surface area contributed by atoms with Gasteiger partial charge in [-0.1, -0.05) is 0 Å². The van der Waals surface area contributed by atoms with Gasteiger partial charge in [0.05, 0.1) is 23.7 Å². The van der Waals surface area contributed by atoms with Crippen molar-refractivity contribution in [2.45, 2.75) is 17.6 Å². The number of nitrogens with zero attached hydrogens (tertiary/aromatic N) is 3. The average molecular weight is 387 g/mol. The molecule has 0 radical (unpaired) electrons. The van der Waals surface area contributed by atoms with Crippen LogP contribution in [0.15, 0.2) is 30.3 Å². The molecular formula is C20H26N4O2S. The van der Waals surface area contributed by atoms with Gasteiger partial charge in [-0.05, 0) is 43.4 Å². The van der Waals surface area contributed by atoms with Crippen LogP contribution in [0.5, 0.6) is 0 Å². The summed E-state index contributed by atoms with van der Waals surface area (Å²) < 4.78 is 11.1. The molecule has 0 atom stereocenters. The second kappa shape index (κ2) is 8.04. The summed E-state index contributed by atoms with van der Waals surface area (Å²) in [5, 5.41) is 0. The van der Waals surface area contributed by atoms with Gasteiger partial charge in [0.2, 0.25) is 0 Å². The van der Waals surface area contributed by atoms with E-state index in [9.17, 15) is 0 Å². The number of ether oxygens (including phenoxy) is 2. The average Bonchev–Trinajstić information content (AvgIpc) is 2.75. The molecule has 0 aliphatic carbocycles. The van der Waals surface area contributed by atoms with E-state index in [4.69, 9.17) is 25.2 Å². The topological polar surface area (TPSA) is 73.5 Å². The Morgan fingerprint density at radius 2 is 1.67 bits per heavy atom. The van der Waals surface area contributed by atoms with Crippen molar-refractivity contribution in [1.29, 1.82) is 0 Å². The van der Waals surface area contributed by atoms with E-state index in [1.807, 2.05) is 36.0 Å². The third-order valence-electron chi connectivity index (χ3n) is 5.37. The van der Waals surface area contributed by atoms with Gasteiger partial charge in [-0.2, -0.15) is 11.8 Å². The van der Waals surface area contributed by atoms with Gasteiger partial charge in [-0.15, -0.1) is 0 Å². The minimum Gasteiger partial charge on any atom is -0.399 e. The van der Waals surface area contributed by atoms with Gasteiger partial charge in [0.15, 0.2) is 5.82 Å². The fraction of sp³-hybridized carbons (Fsp3) is 0.500. The number of thioether (sulfide) groups is 1. The molecule has 0 saturated carbocycles. The molecule has 2 fully saturated rings. The van der Waals surface area contributed by atoms with Crippen LogP contribution < -0.4 is 10.6 Å². The number of nitrogen functional groups attached to an aromatic ring is 1. The van der Waals surface area contributed by atoms with E-state index in [0.29, 0.717) is 0 Å². The summed E-state index contributed by atoms with van der Waals surface area (Å²) >= 11 is 1.87. The molecule has 0 unspecified atom stereocenters. The molecule has 0 spiro atoms. The van der Waals surface area contributed by atoms with Gasteiger partial charge >= 0.3 is 0 Å². The van der Waals surface area contributed by atoms with Gasteiger partial charge < -0.3 is 20.1 Å². The molecule has 2 N–H and O–H groups in total. The molecule has 27 heavy (non-hydrogen) atoms. The van der Waals surface area contributed by atoms with Crippen molar-refractivity contribution in [3.05, 3.63) is 36.0 Å². The van der Waals surface area contributed by atoms with Crippen molar-refractivity contribution in [3.63, 3.8) is 0 Å². The highest BCUT2D eigenvalue weighted by molar-refractivity contribution is 7.99. The molecule has 2 aliphatic rings. The Balaban J connectivity index is 1.79. The van der Waals surface area contributed by atoms with E-state index in [1.165, 1.54) is 0 Å². The zero-order chi connectivity index (χ0) is 18.7. The lowest BCUT2D eigenvalue weighted by Crippen LogP contribution is -2.37. The van der Waals surface area contributed by atoms with Gasteiger partial charge in [0.1, 0.15) is 5.82 Å². The Hall–Kier alpha value is -1.83.